The molecule has 0 radical (unpaired) electrons. The van der Waals surface area contributed by atoms with Gasteiger partial charge >= 0.3 is 0 Å². The highest BCUT2D eigenvalue weighted by Gasteiger charge is 2.37. The summed E-state index contributed by atoms with van der Waals surface area (Å²) in [6.07, 6.45) is 3.64. The van der Waals surface area contributed by atoms with E-state index in [-0.39, 0.29) is 30.1 Å². The van der Waals surface area contributed by atoms with Crippen molar-refractivity contribution in [2.75, 3.05) is 25.1 Å². The van der Waals surface area contributed by atoms with Crippen LogP contribution < -0.4 is 14.4 Å². The van der Waals surface area contributed by atoms with Crippen molar-refractivity contribution in [2.24, 2.45) is 5.92 Å². The van der Waals surface area contributed by atoms with Crippen LogP contribution in [0.3, 0.4) is 0 Å². The smallest absolute Gasteiger partial charge is 0.249 e. The Balaban J connectivity index is 1.55. The highest BCUT2D eigenvalue weighted by Crippen LogP contribution is 2.40. The molecule has 0 spiro atoms. The van der Waals surface area contributed by atoms with Crippen molar-refractivity contribution in [3.63, 3.8) is 0 Å². The lowest BCUT2D eigenvalue weighted by atomic mass is 9.83. The number of methoxy groups -OCH3 is 1. The predicted molar refractivity (Wildman–Crippen MR) is 126 cm³/mol. The first-order valence-electron chi connectivity index (χ1n) is 11.0. The Kier molecular flexibility index (Phi) is 7.13. The molecule has 1 aliphatic carbocycles. The number of nitrogens with zero attached hydrogens (tertiary/aromatic N) is 3. The molecule has 2 aromatic rings. The van der Waals surface area contributed by atoms with Crippen molar-refractivity contribution in [1.82, 2.24) is 9.88 Å². The molecule has 1 saturated heterocycles. The van der Waals surface area contributed by atoms with Crippen LogP contribution in [0.5, 0.6) is 11.5 Å². The molecule has 4 rings (SSSR count). The summed E-state index contributed by atoms with van der Waals surface area (Å²) in [7, 11) is 3.58. The number of piperidine rings is 1. The molecule has 2 aliphatic rings. The Morgan fingerprint density at radius 2 is 1.94 bits per heavy atom. The Morgan fingerprint density at radius 3 is 2.52 bits per heavy atom. The quantitative estimate of drug-likeness (QED) is 0.528. The summed E-state index contributed by atoms with van der Waals surface area (Å²) in [6, 6.07) is 9.08. The van der Waals surface area contributed by atoms with Gasteiger partial charge in [-0.25, -0.2) is 4.39 Å². The molecule has 1 aromatic carbocycles. The largest absolute Gasteiger partial charge is 0.494 e. The summed E-state index contributed by atoms with van der Waals surface area (Å²) in [5.74, 6) is 0.641. The van der Waals surface area contributed by atoms with E-state index in [0.717, 1.165) is 24.2 Å². The Labute approximate surface area is 194 Å². The van der Waals surface area contributed by atoms with Gasteiger partial charge in [-0.05, 0) is 49.6 Å². The number of alkyl halides is 1. The molecule has 3 atom stereocenters. The van der Waals surface area contributed by atoms with Gasteiger partial charge in [0.15, 0.2) is 0 Å². The van der Waals surface area contributed by atoms with Crippen LogP contribution in [0.15, 0.2) is 54.1 Å². The van der Waals surface area contributed by atoms with Gasteiger partial charge in [0.25, 0.3) is 0 Å². The maximum atomic E-state index is 13.5. The Hall–Kier alpha value is -2.73. The van der Waals surface area contributed by atoms with Gasteiger partial charge in [-0.15, -0.1) is 0 Å². The number of halogens is 2. The number of anilines is 2. The van der Waals surface area contributed by atoms with E-state index in [1.54, 1.807) is 44.6 Å². The Morgan fingerprint density at radius 1 is 1.24 bits per heavy atom. The molecule has 0 N–H and O–H groups in total. The molecule has 1 amide bonds. The van der Waals surface area contributed by atoms with Crippen LogP contribution >= 0.6 is 9.24 Å². The highest BCUT2D eigenvalue weighted by molar-refractivity contribution is 7.16. The molecule has 1 aliphatic heterocycles. The van der Waals surface area contributed by atoms with Gasteiger partial charge < -0.3 is 19.3 Å². The molecule has 1 aromatic heterocycles. The van der Waals surface area contributed by atoms with Crippen molar-refractivity contribution >= 4 is 26.5 Å². The third-order valence-electron chi connectivity index (χ3n) is 6.38. The number of ether oxygens (including phenoxy) is 2. The van der Waals surface area contributed by atoms with Crippen LogP contribution in [0, 0.1) is 5.92 Å². The monoisotopic (exact) mass is 475 g/mol. The van der Waals surface area contributed by atoms with E-state index in [9.17, 15) is 13.6 Å². The van der Waals surface area contributed by atoms with Gasteiger partial charge in [0.05, 0.1) is 19.2 Å². The summed E-state index contributed by atoms with van der Waals surface area (Å²) in [5.41, 5.74) is 2.26. The first kappa shape index (κ1) is 23.4. The van der Waals surface area contributed by atoms with Gasteiger partial charge in [-0.3, -0.25) is 9.78 Å². The minimum absolute atomic E-state index is 0.0116. The van der Waals surface area contributed by atoms with Gasteiger partial charge in [0, 0.05) is 43.5 Å². The number of pyridine rings is 1. The number of allylic oxidation sites excluding steroid dienone is 1. The molecule has 6 nitrogen and oxygen atoms in total. The number of aromatic nitrogens is 1. The van der Waals surface area contributed by atoms with Gasteiger partial charge in [-0.1, -0.05) is 9.24 Å². The average molecular weight is 475 g/mol. The normalized spacial score (nSPS) is 19.7. The summed E-state index contributed by atoms with van der Waals surface area (Å²) in [4.78, 5) is 21.1. The van der Waals surface area contributed by atoms with Gasteiger partial charge in [0.2, 0.25) is 12.0 Å². The van der Waals surface area contributed by atoms with Crippen LogP contribution in [0.25, 0.3) is 0 Å². The zero-order valence-corrected chi connectivity index (χ0v) is 19.9. The molecular formula is C24H28F2N3O3P. The zero-order chi connectivity index (χ0) is 23.5. The number of rotatable bonds is 7. The second-order valence-electron chi connectivity index (χ2n) is 8.28. The average Bonchev–Trinajstić information content (AvgIpc) is 2.83. The van der Waals surface area contributed by atoms with E-state index < -0.39 is 6.10 Å². The maximum absolute atomic E-state index is 13.5. The zero-order valence-electron chi connectivity index (χ0n) is 18.7. The Bertz CT molecular complexity index is 1020. The van der Waals surface area contributed by atoms with Crippen molar-refractivity contribution in [2.45, 2.75) is 38.3 Å². The lowest BCUT2D eigenvalue weighted by Gasteiger charge is -2.41. The van der Waals surface area contributed by atoms with Crippen LogP contribution in [-0.2, 0) is 4.79 Å². The van der Waals surface area contributed by atoms with Crippen LogP contribution in [0.1, 0.15) is 26.2 Å². The minimum atomic E-state index is -1.48. The number of carbonyl (C=O) groups is 1. The van der Waals surface area contributed by atoms with Crippen molar-refractivity contribution in [3.8, 4) is 11.5 Å². The second kappa shape index (κ2) is 10.0. The molecule has 1 fully saturated rings. The molecular weight excluding hydrogens is 447 g/mol. The van der Waals surface area contributed by atoms with Crippen molar-refractivity contribution in [1.29, 1.82) is 0 Å². The summed E-state index contributed by atoms with van der Waals surface area (Å²) < 4.78 is 37.3. The number of benzene rings is 1. The summed E-state index contributed by atoms with van der Waals surface area (Å²) in [5, 5.41) is 0. The molecule has 2 heterocycles. The van der Waals surface area contributed by atoms with Crippen molar-refractivity contribution in [3.05, 3.63) is 54.1 Å². The molecule has 3 unspecified atom stereocenters. The predicted octanol–water partition coefficient (Wildman–Crippen LogP) is 4.99. The van der Waals surface area contributed by atoms with E-state index in [1.807, 2.05) is 26.3 Å². The SMILES string of the molecule is COc1ccncc1N(c1ccc(OC(F)P)cc1)C1CCN(C(=O)C2CC(F)=C2C)CC1. The van der Waals surface area contributed by atoms with Gasteiger partial charge in [-0.2, -0.15) is 4.39 Å². The fourth-order valence-electron chi connectivity index (χ4n) is 4.48. The first-order valence-corrected chi connectivity index (χ1v) is 11.6. The lowest BCUT2D eigenvalue weighted by molar-refractivity contribution is -0.136. The molecule has 0 bridgehead atoms. The fourth-order valence-corrected chi connectivity index (χ4v) is 4.63. The molecule has 9 heteroatoms. The topological polar surface area (TPSA) is 54.9 Å². The van der Waals surface area contributed by atoms with E-state index in [4.69, 9.17) is 9.47 Å². The lowest BCUT2D eigenvalue weighted by Crippen LogP contribution is -2.48. The third-order valence-corrected chi connectivity index (χ3v) is 6.51. The van der Waals surface area contributed by atoms with Crippen LogP contribution in [-0.4, -0.2) is 48.1 Å². The van der Waals surface area contributed by atoms with E-state index >= 15 is 0 Å². The van der Waals surface area contributed by atoms with Crippen molar-refractivity contribution < 1.29 is 23.0 Å². The summed E-state index contributed by atoms with van der Waals surface area (Å²) in [6.45, 7) is 2.87. The van der Waals surface area contributed by atoms with E-state index in [1.165, 1.54) is 0 Å². The number of amides is 1. The highest BCUT2D eigenvalue weighted by atomic mass is 31.0. The first-order chi connectivity index (χ1) is 15.9. The van der Waals surface area contributed by atoms with E-state index in [2.05, 4.69) is 9.88 Å². The fraction of sp³-hybridized carbons (Fsp3) is 0.417. The molecule has 0 saturated carbocycles. The molecule has 33 heavy (non-hydrogen) atoms. The molecule has 176 valence electrons. The summed E-state index contributed by atoms with van der Waals surface area (Å²) >= 11 is 0. The van der Waals surface area contributed by atoms with Crippen LogP contribution in [0.2, 0.25) is 0 Å². The number of likely N-dealkylation sites (tertiary alicyclic amines) is 1. The maximum Gasteiger partial charge on any atom is 0.249 e. The number of carbonyl (C=O) groups excluding carboxylic acids is 1. The minimum Gasteiger partial charge on any atom is -0.494 e. The van der Waals surface area contributed by atoms with Gasteiger partial charge in [0.1, 0.15) is 23.0 Å². The van der Waals surface area contributed by atoms with E-state index in [0.29, 0.717) is 30.2 Å². The van der Waals surface area contributed by atoms with Crippen LogP contribution in [0.4, 0.5) is 20.2 Å². The number of hydrogen-bond acceptors (Lipinski definition) is 5. The third kappa shape index (κ3) is 4.96. The second-order valence-corrected chi connectivity index (χ2v) is 8.81. The number of hydrogen-bond donors (Lipinski definition) is 0. The standard InChI is InChI=1S/C24H28F2N3O3P/c1-15-19(13-20(15)25)23(30)28-11-8-17(9-12-28)29(21-14-27-10-7-22(21)31-2)16-3-5-18(6-4-16)32-24(26)33/h3-7,10,14,17,19,24H,8-9,11-13,33H2,1-2H3.